The molecule has 0 atom stereocenters. The number of rotatable bonds is 3. The molecule has 0 saturated carbocycles. The minimum absolute atomic E-state index is 0.00351. The van der Waals surface area contributed by atoms with E-state index in [1.807, 2.05) is 42.6 Å². The molecule has 0 radical (unpaired) electrons. The minimum Gasteiger partial charge on any atom is -0.342 e. The lowest BCUT2D eigenvalue weighted by Gasteiger charge is -2.12. The van der Waals surface area contributed by atoms with Gasteiger partial charge in [0.15, 0.2) is 5.78 Å². The third kappa shape index (κ3) is 3.59. The fourth-order valence-electron chi connectivity index (χ4n) is 4.06. The van der Waals surface area contributed by atoms with Gasteiger partial charge in [-0.2, -0.15) is 0 Å². The zero-order chi connectivity index (χ0) is 21.5. The third-order valence-corrected chi connectivity index (χ3v) is 6.01. The zero-order valence-corrected chi connectivity index (χ0v) is 18.0. The molecular weight excluding hydrogens is 456 g/mol. The van der Waals surface area contributed by atoms with Crippen molar-refractivity contribution in [2.45, 2.75) is 13.0 Å². The van der Waals surface area contributed by atoms with E-state index >= 15 is 0 Å². The second-order valence-corrected chi connectivity index (χ2v) is 8.46. The highest BCUT2D eigenvalue weighted by atomic mass is 79.9. The summed E-state index contributed by atoms with van der Waals surface area (Å²) in [5, 5.41) is 5.50. The van der Waals surface area contributed by atoms with Crippen LogP contribution < -0.4 is 5.32 Å². The molecule has 0 unspecified atom stereocenters. The molecule has 2 heterocycles. The van der Waals surface area contributed by atoms with Gasteiger partial charge in [0.25, 0.3) is 5.91 Å². The predicted octanol–water partition coefficient (Wildman–Crippen LogP) is 4.60. The van der Waals surface area contributed by atoms with Gasteiger partial charge in [-0.25, -0.2) is 0 Å². The lowest BCUT2D eigenvalue weighted by Crippen LogP contribution is -2.40. The summed E-state index contributed by atoms with van der Waals surface area (Å²) in [7, 11) is 0. The van der Waals surface area contributed by atoms with Crippen LogP contribution in [0.3, 0.4) is 0 Å². The van der Waals surface area contributed by atoms with Gasteiger partial charge in [-0.15, -0.1) is 0 Å². The number of carbonyl (C=O) groups is 3. The molecule has 1 aliphatic rings. The number of imide groups is 1. The molecule has 152 valence electrons. The molecule has 2 amide bonds. The van der Waals surface area contributed by atoms with E-state index in [-0.39, 0.29) is 12.0 Å². The molecule has 0 bridgehead atoms. The van der Waals surface area contributed by atoms with Crippen LogP contribution in [0.1, 0.15) is 17.5 Å². The van der Waals surface area contributed by atoms with E-state index in [2.05, 4.69) is 50.1 Å². The number of halogens is 1. The van der Waals surface area contributed by atoms with Gasteiger partial charge in [-0.05, 0) is 40.6 Å². The third-order valence-electron chi connectivity index (χ3n) is 5.51. The Bertz CT molecular complexity index is 1400. The SMILES string of the molecule is O=C1CC(=O)/C(=C/c2cn(Cc3cccc4ccccc34)c3ccc(Br)cc23)C(=O)N1. The number of hydrogen-bond donors (Lipinski definition) is 1. The van der Waals surface area contributed by atoms with E-state index in [9.17, 15) is 14.4 Å². The van der Waals surface area contributed by atoms with Crippen LogP contribution in [-0.2, 0) is 20.9 Å². The number of hydrogen-bond acceptors (Lipinski definition) is 3. The minimum atomic E-state index is -0.647. The number of amides is 2. The number of aromatic nitrogens is 1. The van der Waals surface area contributed by atoms with E-state index < -0.39 is 17.6 Å². The second kappa shape index (κ2) is 7.63. The van der Waals surface area contributed by atoms with E-state index in [4.69, 9.17) is 0 Å². The van der Waals surface area contributed by atoms with Gasteiger partial charge in [0.05, 0.1) is 12.0 Å². The van der Waals surface area contributed by atoms with Crippen LogP contribution in [0, 0.1) is 0 Å². The monoisotopic (exact) mass is 472 g/mol. The van der Waals surface area contributed by atoms with Gasteiger partial charge in [-0.1, -0.05) is 58.4 Å². The van der Waals surface area contributed by atoms with Crippen LogP contribution in [0.25, 0.3) is 27.8 Å². The smallest absolute Gasteiger partial charge is 0.261 e. The van der Waals surface area contributed by atoms with Crippen molar-refractivity contribution in [3.63, 3.8) is 0 Å². The number of nitrogens with one attached hydrogen (secondary N) is 1. The molecule has 3 aromatic carbocycles. The van der Waals surface area contributed by atoms with Crippen LogP contribution >= 0.6 is 15.9 Å². The molecular formula is C25H17BrN2O3. The lowest BCUT2D eigenvalue weighted by atomic mass is 10.0. The van der Waals surface area contributed by atoms with Crippen molar-refractivity contribution in [3.8, 4) is 0 Å². The van der Waals surface area contributed by atoms with Crippen LogP contribution in [0.2, 0.25) is 0 Å². The van der Waals surface area contributed by atoms with Gasteiger partial charge >= 0.3 is 0 Å². The number of benzene rings is 3. The van der Waals surface area contributed by atoms with Crippen molar-refractivity contribution < 1.29 is 14.4 Å². The summed E-state index contributed by atoms with van der Waals surface area (Å²) in [5.74, 6) is -1.67. The molecule has 1 aromatic heterocycles. The van der Waals surface area contributed by atoms with Gasteiger partial charge in [0.2, 0.25) is 5.91 Å². The van der Waals surface area contributed by atoms with Crippen molar-refractivity contribution in [2.75, 3.05) is 0 Å². The Kier molecular flexibility index (Phi) is 4.79. The first-order chi connectivity index (χ1) is 15.0. The van der Waals surface area contributed by atoms with Crippen LogP contribution in [0.15, 0.2) is 76.9 Å². The number of nitrogens with zero attached hydrogens (tertiary/aromatic N) is 1. The Morgan fingerprint density at radius 3 is 2.61 bits per heavy atom. The summed E-state index contributed by atoms with van der Waals surface area (Å²) in [6.07, 6.45) is 3.22. The first kappa shape index (κ1) is 19.5. The molecule has 5 nitrogen and oxygen atoms in total. The molecule has 1 N–H and O–H groups in total. The van der Waals surface area contributed by atoms with Gasteiger partial charge < -0.3 is 4.57 Å². The van der Waals surface area contributed by atoms with E-state index in [0.29, 0.717) is 6.54 Å². The average molecular weight is 473 g/mol. The van der Waals surface area contributed by atoms with Gasteiger partial charge in [-0.3, -0.25) is 19.7 Å². The maximum Gasteiger partial charge on any atom is 0.261 e. The van der Waals surface area contributed by atoms with Gasteiger partial charge in [0, 0.05) is 33.7 Å². The number of ketones is 1. The molecule has 0 spiro atoms. The molecule has 31 heavy (non-hydrogen) atoms. The molecule has 0 aliphatic carbocycles. The normalized spacial score (nSPS) is 15.8. The van der Waals surface area contributed by atoms with Crippen molar-refractivity contribution in [1.82, 2.24) is 9.88 Å². The van der Waals surface area contributed by atoms with Crippen molar-refractivity contribution in [3.05, 3.63) is 88.0 Å². The molecule has 6 heteroatoms. The number of fused-ring (bicyclic) bond motifs is 2. The first-order valence-electron chi connectivity index (χ1n) is 9.84. The first-order valence-corrected chi connectivity index (χ1v) is 10.6. The fourth-order valence-corrected chi connectivity index (χ4v) is 4.43. The Labute approximate surface area is 186 Å². The molecule has 5 rings (SSSR count). The van der Waals surface area contributed by atoms with E-state index in [0.717, 1.165) is 20.9 Å². The van der Waals surface area contributed by atoms with E-state index in [1.165, 1.54) is 16.3 Å². The van der Waals surface area contributed by atoms with Crippen molar-refractivity contribution in [2.24, 2.45) is 0 Å². The number of carbonyl (C=O) groups excluding carboxylic acids is 3. The maximum absolute atomic E-state index is 12.3. The molecule has 1 aliphatic heterocycles. The van der Waals surface area contributed by atoms with Gasteiger partial charge in [0.1, 0.15) is 0 Å². The Morgan fingerprint density at radius 1 is 0.968 bits per heavy atom. The summed E-state index contributed by atoms with van der Waals surface area (Å²) in [5.41, 5.74) is 2.92. The van der Waals surface area contributed by atoms with Crippen LogP contribution in [-0.4, -0.2) is 22.2 Å². The molecule has 1 fully saturated rings. The summed E-state index contributed by atoms with van der Waals surface area (Å²) >= 11 is 3.51. The Morgan fingerprint density at radius 2 is 1.77 bits per heavy atom. The Hall–Kier alpha value is -3.51. The fraction of sp³-hybridized carbons (Fsp3) is 0.0800. The predicted molar refractivity (Wildman–Crippen MR) is 123 cm³/mol. The largest absolute Gasteiger partial charge is 0.342 e. The maximum atomic E-state index is 12.3. The van der Waals surface area contributed by atoms with Crippen molar-refractivity contribution >= 4 is 61.3 Å². The van der Waals surface area contributed by atoms with Crippen LogP contribution in [0.4, 0.5) is 0 Å². The second-order valence-electron chi connectivity index (χ2n) is 7.55. The number of piperidine rings is 1. The van der Waals surface area contributed by atoms with E-state index in [1.54, 1.807) is 6.08 Å². The Balaban J connectivity index is 1.64. The highest BCUT2D eigenvalue weighted by Gasteiger charge is 2.28. The zero-order valence-electron chi connectivity index (χ0n) is 16.4. The summed E-state index contributed by atoms with van der Waals surface area (Å²) < 4.78 is 3.02. The molecule has 1 saturated heterocycles. The molecule has 4 aromatic rings. The summed E-state index contributed by atoms with van der Waals surface area (Å²) in [6, 6.07) is 20.4. The number of Topliss-reactive ketones (excluding diaryl/α,β-unsaturated/α-hetero) is 1. The standard InChI is InChI=1S/C25H17BrN2O3/c26-18-8-9-22-20(11-18)17(10-21-23(29)12-24(30)27-25(21)31)14-28(22)13-16-6-3-5-15-4-1-2-7-19(15)16/h1-11,14H,12-13H2,(H,27,30,31)/b21-10-. The summed E-state index contributed by atoms with van der Waals surface area (Å²) in [4.78, 5) is 36.0. The average Bonchev–Trinajstić information content (AvgIpc) is 3.07. The highest BCUT2D eigenvalue weighted by molar-refractivity contribution is 9.10. The highest BCUT2D eigenvalue weighted by Crippen LogP contribution is 2.29. The summed E-state index contributed by atoms with van der Waals surface area (Å²) in [6.45, 7) is 0.640. The topological polar surface area (TPSA) is 68.2 Å². The van der Waals surface area contributed by atoms with Crippen molar-refractivity contribution in [1.29, 1.82) is 0 Å². The quantitative estimate of drug-likeness (QED) is 0.205. The lowest BCUT2D eigenvalue weighted by molar-refractivity contribution is -0.134. The van der Waals surface area contributed by atoms with Crippen LogP contribution in [0.5, 0.6) is 0 Å².